The highest BCUT2D eigenvalue weighted by Gasteiger charge is 2.25. The highest BCUT2D eigenvalue weighted by Crippen LogP contribution is 2.16. The Morgan fingerprint density at radius 2 is 0.857 bits per heavy atom. The molecule has 0 amide bonds. The Bertz CT molecular complexity index is 748. The molecule has 2 aromatic carbocycles. The highest BCUT2D eigenvalue weighted by molar-refractivity contribution is 6.74. The maximum atomic E-state index is 5.10. The van der Waals surface area contributed by atoms with Gasteiger partial charge in [-0.3, -0.25) is 0 Å². The van der Waals surface area contributed by atoms with Gasteiger partial charge in [0.15, 0.2) is 16.5 Å². The lowest BCUT2D eigenvalue weighted by molar-refractivity contribution is 0.544. The summed E-state index contributed by atoms with van der Waals surface area (Å²) in [5.74, 6) is 0. The van der Waals surface area contributed by atoms with E-state index in [0.717, 1.165) is 22.6 Å². The van der Waals surface area contributed by atoms with Crippen LogP contribution in [0.5, 0.6) is 0 Å². The van der Waals surface area contributed by atoms with E-state index < -0.39 is 16.5 Å². The standard InChI is InChI=1S/C22H34N4Si2/c1-25(27(3,4)5)23-21(19-15-11-9-12-16-19)22(20-17-13-10-14-18-20)24-26(2)28(6,7)8/h9-18H,1-8H3/b23-21+,24-22+. The molecule has 2 aromatic rings. The van der Waals surface area contributed by atoms with E-state index in [1.165, 1.54) is 0 Å². The molecular weight excluding hydrogens is 376 g/mol. The Morgan fingerprint density at radius 1 is 0.571 bits per heavy atom. The number of nitrogens with zero attached hydrogens (tertiary/aromatic N) is 4. The van der Waals surface area contributed by atoms with Crippen molar-refractivity contribution in [1.82, 2.24) is 9.35 Å². The fourth-order valence-electron chi connectivity index (χ4n) is 2.28. The molecule has 0 N–H and O–H groups in total. The lowest BCUT2D eigenvalue weighted by Gasteiger charge is -2.30. The topological polar surface area (TPSA) is 31.2 Å². The first kappa shape index (κ1) is 22.1. The molecule has 28 heavy (non-hydrogen) atoms. The molecule has 0 atom stereocenters. The largest absolute Gasteiger partial charge is 0.327 e. The average Bonchev–Trinajstić information content (AvgIpc) is 2.64. The van der Waals surface area contributed by atoms with Crippen LogP contribution in [0.2, 0.25) is 39.3 Å². The Hall–Kier alpha value is -2.19. The molecular formula is C22H34N4Si2. The summed E-state index contributed by atoms with van der Waals surface area (Å²) in [6.07, 6.45) is 0. The van der Waals surface area contributed by atoms with Gasteiger partial charge < -0.3 is 9.35 Å². The van der Waals surface area contributed by atoms with Crippen molar-refractivity contribution in [3.63, 3.8) is 0 Å². The van der Waals surface area contributed by atoms with Gasteiger partial charge in [0.1, 0.15) is 11.4 Å². The first-order valence-corrected chi connectivity index (χ1v) is 16.7. The van der Waals surface area contributed by atoms with Crippen molar-refractivity contribution in [2.45, 2.75) is 39.3 Å². The van der Waals surface area contributed by atoms with Gasteiger partial charge in [-0.1, -0.05) is 99.9 Å². The van der Waals surface area contributed by atoms with Gasteiger partial charge in [0, 0.05) is 25.2 Å². The fourth-order valence-corrected chi connectivity index (χ4v) is 3.08. The van der Waals surface area contributed by atoms with Crippen LogP contribution in [0.25, 0.3) is 0 Å². The minimum absolute atomic E-state index is 0.918. The Kier molecular flexibility index (Phi) is 7.01. The van der Waals surface area contributed by atoms with E-state index in [-0.39, 0.29) is 0 Å². The lowest BCUT2D eigenvalue weighted by Crippen LogP contribution is -2.42. The fraction of sp³-hybridized carbons (Fsp3) is 0.364. The molecule has 2 rings (SSSR count). The third-order valence-electron chi connectivity index (χ3n) is 4.76. The zero-order valence-corrected chi connectivity index (χ0v) is 20.6. The number of hydrazone groups is 2. The summed E-state index contributed by atoms with van der Waals surface area (Å²) in [6.45, 7) is 13.8. The average molecular weight is 411 g/mol. The van der Waals surface area contributed by atoms with Crippen LogP contribution >= 0.6 is 0 Å². The highest BCUT2D eigenvalue weighted by atomic mass is 28.3. The predicted octanol–water partition coefficient (Wildman–Crippen LogP) is 5.33. The third kappa shape index (κ3) is 5.91. The summed E-state index contributed by atoms with van der Waals surface area (Å²) in [4.78, 5) is 0. The minimum atomic E-state index is -1.59. The van der Waals surface area contributed by atoms with Crippen LogP contribution in [-0.2, 0) is 0 Å². The van der Waals surface area contributed by atoms with Crippen molar-refractivity contribution >= 4 is 27.9 Å². The van der Waals surface area contributed by atoms with Crippen LogP contribution < -0.4 is 0 Å². The second kappa shape index (κ2) is 8.88. The molecule has 0 heterocycles. The van der Waals surface area contributed by atoms with Crippen molar-refractivity contribution in [3.05, 3.63) is 71.8 Å². The molecule has 0 saturated heterocycles. The molecule has 0 fully saturated rings. The van der Waals surface area contributed by atoms with Crippen LogP contribution in [0, 0.1) is 0 Å². The summed E-state index contributed by atoms with van der Waals surface area (Å²) in [6, 6.07) is 20.8. The van der Waals surface area contributed by atoms with E-state index in [2.05, 4.69) is 111 Å². The Balaban J connectivity index is 2.72. The monoisotopic (exact) mass is 410 g/mol. The lowest BCUT2D eigenvalue weighted by atomic mass is 10.00. The SMILES string of the molecule is CN(/N=C(/C(=N/N(C)[Si](C)(C)C)c1ccccc1)c1ccccc1)[Si](C)(C)C. The maximum absolute atomic E-state index is 5.10. The molecule has 0 saturated carbocycles. The summed E-state index contributed by atoms with van der Waals surface area (Å²) >= 11 is 0. The van der Waals surface area contributed by atoms with Gasteiger partial charge in [-0.2, -0.15) is 10.2 Å². The molecule has 0 aliphatic heterocycles. The van der Waals surface area contributed by atoms with Gasteiger partial charge in [0.05, 0.1) is 0 Å². The molecule has 0 aliphatic rings. The number of benzene rings is 2. The quantitative estimate of drug-likeness (QED) is 0.351. The zero-order chi connectivity index (χ0) is 20.9. The molecule has 0 bridgehead atoms. The van der Waals surface area contributed by atoms with Crippen LogP contribution in [0.3, 0.4) is 0 Å². The summed E-state index contributed by atoms with van der Waals surface area (Å²) in [5.41, 5.74) is 4.00. The summed E-state index contributed by atoms with van der Waals surface area (Å²) < 4.78 is 4.31. The number of hydrogen-bond acceptors (Lipinski definition) is 4. The predicted molar refractivity (Wildman–Crippen MR) is 128 cm³/mol. The van der Waals surface area contributed by atoms with Crippen molar-refractivity contribution < 1.29 is 0 Å². The van der Waals surface area contributed by atoms with Crippen molar-refractivity contribution in [3.8, 4) is 0 Å². The van der Waals surface area contributed by atoms with Crippen molar-refractivity contribution in [2.24, 2.45) is 10.2 Å². The van der Waals surface area contributed by atoms with Crippen LogP contribution in [0.4, 0.5) is 0 Å². The Morgan fingerprint density at radius 3 is 1.11 bits per heavy atom. The van der Waals surface area contributed by atoms with Crippen LogP contribution in [0.1, 0.15) is 11.1 Å². The molecule has 0 spiro atoms. The Labute approximate surface area is 172 Å². The summed E-state index contributed by atoms with van der Waals surface area (Å²) in [7, 11) is 0.979. The summed E-state index contributed by atoms with van der Waals surface area (Å²) in [5, 5.41) is 10.2. The van der Waals surface area contributed by atoms with Gasteiger partial charge in [0.25, 0.3) is 0 Å². The van der Waals surface area contributed by atoms with E-state index in [1.54, 1.807) is 0 Å². The zero-order valence-electron chi connectivity index (χ0n) is 18.6. The second-order valence-corrected chi connectivity index (χ2v) is 19.0. The van der Waals surface area contributed by atoms with Crippen molar-refractivity contribution in [2.75, 3.05) is 14.1 Å². The number of rotatable bonds is 7. The molecule has 150 valence electrons. The van der Waals surface area contributed by atoms with Gasteiger partial charge in [0.2, 0.25) is 0 Å². The van der Waals surface area contributed by atoms with Crippen LogP contribution in [-0.4, -0.2) is 51.3 Å². The van der Waals surface area contributed by atoms with E-state index in [1.807, 2.05) is 12.1 Å². The van der Waals surface area contributed by atoms with E-state index in [0.29, 0.717) is 0 Å². The normalized spacial score (nSPS) is 13.4. The second-order valence-electron chi connectivity index (χ2n) is 9.02. The smallest absolute Gasteiger partial charge is 0.169 e. The molecule has 0 radical (unpaired) electrons. The van der Waals surface area contributed by atoms with E-state index in [4.69, 9.17) is 10.2 Å². The minimum Gasteiger partial charge on any atom is -0.327 e. The molecule has 4 nitrogen and oxygen atoms in total. The van der Waals surface area contributed by atoms with Crippen molar-refractivity contribution in [1.29, 1.82) is 0 Å². The maximum Gasteiger partial charge on any atom is 0.169 e. The van der Waals surface area contributed by atoms with Gasteiger partial charge in [-0.05, 0) is 0 Å². The van der Waals surface area contributed by atoms with Gasteiger partial charge in [-0.15, -0.1) is 0 Å². The molecule has 6 heteroatoms. The molecule has 0 unspecified atom stereocenters. The van der Waals surface area contributed by atoms with E-state index >= 15 is 0 Å². The van der Waals surface area contributed by atoms with Crippen LogP contribution in [0.15, 0.2) is 70.9 Å². The number of hydrogen-bond donors (Lipinski definition) is 0. The van der Waals surface area contributed by atoms with E-state index in [9.17, 15) is 0 Å². The molecule has 0 aromatic heterocycles. The first-order valence-electron chi connectivity index (χ1n) is 9.76. The molecule has 0 aliphatic carbocycles. The van der Waals surface area contributed by atoms with Gasteiger partial charge >= 0.3 is 0 Å². The third-order valence-corrected chi connectivity index (χ3v) is 8.84. The first-order chi connectivity index (χ1) is 13.0. The van der Waals surface area contributed by atoms with Gasteiger partial charge in [-0.25, -0.2) is 0 Å².